The molecule has 0 aliphatic rings. The molecular formula is C14H21FN4O2. The topological polar surface area (TPSA) is 87.5 Å². The van der Waals surface area contributed by atoms with Gasteiger partial charge in [-0.25, -0.2) is 9.18 Å². The van der Waals surface area contributed by atoms with Gasteiger partial charge in [-0.15, -0.1) is 0 Å². The van der Waals surface area contributed by atoms with Gasteiger partial charge in [0.15, 0.2) is 0 Å². The van der Waals surface area contributed by atoms with Gasteiger partial charge in [-0.1, -0.05) is 6.07 Å². The van der Waals surface area contributed by atoms with Crippen LogP contribution in [0.1, 0.15) is 19.4 Å². The van der Waals surface area contributed by atoms with Gasteiger partial charge in [0.1, 0.15) is 11.9 Å². The average molecular weight is 296 g/mol. The smallest absolute Gasteiger partial charge is 0.312 e. The number of carbonyl (C=O) groups is 2. The lowest BCUT2D eigenvalue weighted by molar-refractivity contribution is -0.122. The molecule has 0 fully saturated rings. The molecular weight excluding hydrogens is 275 g/mol. The number of carbonyl (C=O) groups excluding carboxylic acids is 2. The van der Waals surface area contributed by atoms with Crippen LogP contribution in [0, 0.1) is 5.82 Å². The Kier molecular flexibility index (Phi) is 5.95. The maximum absolute atomic E-state index is 13.9. The summed E-state index contributed by atoms with van der Waals surface area (Å²) in [5.41, 5.74) is 6.08. The lowest BCUT2D eigenvalue weighted by Crippen LogP contribution is -2.46. The molecule has 4 N–H and O–H groups in total. The summed E-state index contributed by atoms with van der Waals surface area (Å²) in [5, 5.41) is 4.87. The first kappa shape index (κ1) is 16.7. The van der Waals surface area contributed by atoms with Gasteiger partial charge in [-0.2, -0.15) is 0 Å². The van der Waals surface area contributed by atoms with Crippen molar-refractivity contribution in [3.05, 3.63) is 29.6 Å². The molecule has 1 rings (SSSR count). The summed E-state index contributed by atoms with van der Waals surface area (Å²) >= 11 is 0. The highest BCUT2D eigenvalue weighted by molar-refractivity contribution is 5.86. The van der Waals surface area contributed by atoms with Crippen molar-refractivity contribution >= 4 is 17.6 Å². The second-order valence-corrected chi connectivity index (χ2v) is 4.75. The highest BCUT2D eigenvalue weighted by Gasteiger charge is 2.14. The number of amides is 3. The quantitative estimate of drug-likeness (QED) is 0.730. The molecule has 3 amide bonds. The minimum atomic E-state index is -0.768. The van der Waals surface area contributed by atoms with E-state index < -0.39 is 12.1 Å². The zero-order chi connectivity index (χ0) is 16.0. The van der Waals surface area contributed by atoms with Crippen LogP contribution in [0.25, 0.3) is 0 Å². The van der Waals surface area contributed by atoms with E-state index in [1.807, 2.05) is 6.92 Å². The van der Waals surface area contributed by atoms with E-state index in [0.29, 0.717) is 17.8 Å². The Morgan fingerprint density at radius 3 is 2.62 bits per heavy atom. The van der Waals surface area contributed by atoms with Crippen molar-refractivity contribution in [2.45, 2.75) is 26.4 Å². The average Bonchev–Trinajstić information content (AvgIpc) is 2.43. The van der Waals surface area contributed by atoms with E-state index in [4.69, 9.17) is 5.73 Å². The summed E-state index contributed by atoms with van der Waals surface area (Å²) in [4.78, 5) is 24.1. The molecule has 6 nitrogen and oxygen atoms in total. The van der Waals surface area contributed by atoms with Gasteiger partial charge in [0.05, 0.1) is 5.69 Å². The van der Waals surface area contributed by atoms with Crippen LogP contribution >= 0.6 is 0 Å². The number of anilines is 1. The Labute approximate surface area is 123 Å². The van der Waals surface area contributed by atoms with E-state index in [-0.39, 0.29) is 18.3 Å². The number of benzene rings is 1. The largest absolute Gasteiger partial charge is 0.373 e. The van der Waals surface area contributed by atoms with Crippen LogP contribution < -0.4 is 21.3 Å². The molecule has 1 aromatic rings. The molecule has 0 unspecified atom stereocenters. The van der Waals surface area contributed by atoms with E-state index in [2.05, 4.69) is 10.6 Å². The number of hydrogen-bond donors (Lipinski definition) is 3. The number of hydrogen-bond acceptors (Lipinski definition) is 3. The highest BCUT2D eigenvalue weighted by Crippen LogP contribution is 2.19. The van der Waals surface area contributed by atoms with Crippen molar-refractivity contribution in [2.24, 2.45) is 5.73 Å². The first-order chi connectivity index (χ1) is 9.85. The molecule has 0 aromatic heterocycles. The molecule has 0 spiro atoms. The van der Waals surface area contributed by atoms with Crippen molar-refractivity contribution in [1.82, 2.24) is 10.6 Å². The van der Waals surface area contributed by atoms with Gasteiger partial charge in [0.2, 0.25) is 5.91 Å². The van der Waals surface area contributed by atoms with Gasteiger partial charge in [-0.05, 0) is 31.5 Å². The number of primary amides is 1. The predicted octanol–water partition coefficient (Wildman–Crippen LogP) is 0.955. The number of nitrogens with one attached hydrogen (secondary N) is 2. The maximum atomic E-state index is 13.9. The lowest BCUT2D eigenvalue weighted by Gasteiger charge is -2.18. The molecule has 0 radical (unpaired) electrons. The van der Waals surface area contributed by atoms with Crippen LogP contribution in [-0.4, -0.2) is 31.6 Å². The second kappa shape index (κ2) is 7.47. The Morgan fingerprint density at radius 1 is 1.43 bits per heavy atom. The maximum Gasteiger partial charge on any atom is 0.312 e. The molecule has 116 valence electrons. The van der Waals surface area contributed by atoms with Gasteiger partial charge in [0, 0.05) is 20.1 Å². The number of rotatable bonds is 6. The third kappa shape index (κ3) is 4.94. The van der Waals surface area contributed by atoms with Crippen molar-refractivity contribution in [1.29, 1.82) is 0 Å². The Morgan fingerprint density at radius 2 is 2.10 bits per heavy atom. The molecule has 1 aromatic carbocycles. The van der Waals surface area contributed by atoms with Crippen molar-refractivity contribution in [3.63, 3.8) is 0 Å². The third-order valence-corrected chi connectivity index (χ3v) is 3.12. The second-order valence-electron chi connectivity index (χ2n) is 4.75. The first-order valence-electron chi connectivity index (χ1n) is 6.68. The Bertz CT molecular complexity index is 522. The van der Waals surface area contributed by atoms with Gasteiger partial charge < -0.3 is 21.3 Å². The lowest BCUT2D eigenvalue weighted by atomic mass is 10.1. The predicted molar refractivity (Wildman–Crippen MR) is 79.4 cm³/mol. The number of urea groups is 1. The fraction of sp³-hybridized carbons (Fsp3) is 0.429. The summed E-state index contributed by atoms with van der Waals surface area (Å²) < 4.78 is 13.9. The third-order valence-electron chi connectivity index (χ3n) is 3.12. The van der Waals surface area contributed by atoms with Crippen molar-refractivity contribution in [2.75, 3.05) is 18.5 Å². The zero-order valence-corrected chi connectivity index (χ0v) is 12.4. The van der Waals surface area contributed by atoms with E-state index in [1.165, 1.54) is 13.0 Å². The van der Waals surface area contributed by atoms with Crippen LogP contribution in [0.2, 0.25) is 0 Å². The van der Waals surface area contributed by atoms with Crippen LogP contribution in [-0.2, 0) is 11.3 Å². The summed E-state index contributed by atoms with van der Waals surface area (Å²) in [5.74, 6) is -0.724. The number of nitrogens with two attached hydrogens (primary N) is 1. The molecule has 0 heterocycles. The fourth-order valence-electron chi connectivity index (χ4n) is 1.76. The van der Waals surface area contributed by atoms with E-state index in [1.54, 1.807) is 24.1 Å². The molecule has 0 saturated carbocycles. The van der Waals surface area contributed by atoms with E-state index in [0.717, 1.165) is 0 Å². The molecule has 0 aliphatic carbocycles. The molecule has 0 bridgehead atoms. The van der Waals surface area contributed by atoms with E-state index >= 15 is 0 Å². The summed E-state index contributed by atoms with van der Waals surface area (Å²) in [6.07, 6.45) is 0. The van der Waals surface area contributed by atoms with Crippen molar-refractivity contribution in [3.8, 4) is 0 Å². The van der Waals surface area contributed by atoms with Gasteiger partial charge in [0.25, 0.3) is 0 Å². The SMILES string of the molecule is CCN(C)c1ccc(CNC(=O)[C@@H](C)NC(N)=O)cc1F. The highest BCUT2D eigenvalue weighted by atomic mass is 19.1. The van der Waals surface area contributed by atoms with Gasteiger partial charge >= 0.3 is 6.03 Å². The zero-order valence-electron chi connectivity index (χ0n) is 12.4. The molecule has 7 heteroatoms. The summed E-state index contributed by atoms with van der Waals surface area (Å²) in [6.45, 7) is 4.32. The summed E-state index contributed by atoms with van der Waals surface area (Å²) in [7, 11) is 1.80. The fourth-order valence-corrected chi connectivity index (χ4v) is 1.76. The Hall–Kier alpha value is -2.31. The molecule has 1 atom stereocenters. The number of halogens is 1. The van der Waals surface area contributed by atoms with E-state index in [9.17, 15) is 14.0 Å². The van der Waals surface area contributed by atoms with Crippen LogP contribution in [0.5, 0.6) is 0 Å². The standard InChI is InChI=1S/C14H21FN4O2/c1-4-19(3)12-6-5-10(7-11(12)15)8-17-13(20)9(2)18-14(16)21/h5-7,9H,4,8H2,1-3H3,(H,17,20)(H3,16,18,21)/t9-/m1/s1. The first-order valence-corrected chi connectivity index (χ1v) is 6.68. The summed E-state index contributed by atoms with van der Waals surface area (Å²) in [6, 6.07) is 3.30. The molecule has 21 heavy (non-hydrogen) atoms. The van der Waals surface area contributed by atoms with Crippen molar-refractivity contribution < 1.29 is 14.0 Å². The monoisotopic (exact) mass is 296 g/mol. The minimum absolute atomic E-state index is 0.177. The molecule has 0 aliphatic heterocycles. The van der Waals surface area contributed by atoms with Crippen LogP contribution in [0.4, 0.5) is 14.9 Å². The van der Waals surface area contributed by atoms with Crippen LogP contribution in [0.3, 0.4) is 0 Å². The normalized spacial score (nSPS) is 11.6. The van der Waals surface area contributed by atoms with Gasteiger partial charge in [-0.3, -0.25) is 4.79 Å². The molecule has 0 saturated heterocycles. The van der Waals surface area contributed by atoms with Crippen LogP contribution in [0.15, 0.2) is 18.2 Å². The Balaban J connectivity index is 2.62. The minimum Gasteiger partial charge on any atom is -0.373 e. The number of nitrogens with zero attached hydrogens (tertiary/aromatic N) is 1.